The number of carbonyl (C=O) groups is 3. The molecule has 0 aromatic carbocycles. The molecule has 10 nitrogen and oxygen atoms in total. The van der Waals surface area contributed by atoms with Gasteiger partial charge >= 0.3 is 0 Å². The molecule has 0 unspecified atom stereocenters. The largest absolute Gasteiger partial charge is 0.356 e. The molecule has 0 bridgehead atoms. The number of nitrogens with one attached hydrogen (secondary N) is 4. The number of rotatable bonds is 60. The fraction of sp³-hybridized carbons (Fsp3) is 0.954. The zero-order valence-corrected chi connectivity index (χ0v) is 52.0. The van der Waals surface area contributed by atoms with Crippen molar-refractivity contribution in [1.82, 2.24) is 36.0 Å². The maximum Gasteiger partial charge on any atom is 0.221 e. The number of carbonyl (C=O) groups excluding carboxylic acids is 3. The molecule has 3 amide bonds. The zero-order valence-electron chi connectivity index (χ0n) is 52.0. The SMILES string of the molecule is CCCCCCCCCCCCCCCNC(=O)CCN(CC)CCN(CC)CCC(=O)NCCCCCCCCCCCCCCC.CCCCCCCCCCCCCCCNC(=O)CCN(CC)CCNC. The van der Waals surface area contributed by atoms with Gasteiger partial charge in [-0.05, 0) is 45.9 Å². The van der Waals surface area contributed by atoms with Gasteiger partial charge in [0.1, 0.15) is 0 Å². The van der Waals surface area contributed by atoms with Crippen molar-refractivity contribution in [2.45, 2.75) is 311 Å². The van der Waals surface area contributed by atoms with E-state index in [9.17, 15) is 14.4 Å². The van der Waals surface area contributed by atoms with Gasteiger partial charge in [0.05, 0.1) is 0 Å². The van der Waals surface area contributed by atoms with Crippen molar-refractivity contribution in [3.05, 3.63) is 0 Å². The summed E-state index contributed by atoms with van der Waals surface area (Å²) in [5, 5.41) is 12.5. The molecule has 4 N–H and O–H groups in total. The van der Waals surface area contributed by atoms with Crippen LogP contribution in [0.5, 0.6) is 0 Å². The highest BCUT2D eigenvalue weighted by molar-refractivity contribution is 5.76. The molecule has 0 fully saturated rings. The minimum absolute atomic E-state index is 0.180. The molecule has 10 heteroatoms. The van der Waals surface area contributed by atoms with E-state index >= 15 is 0 Å². The summed E-state index contributed by atoms with van der Waals surface area (Å²) in [5.74, 6) is 0.566. The van der Waals surface area contributed by atoms with Crippen molar-refractivity contribution in [1.29, 1.82) is 0 Å². The molecule has 0 aliphatic carbocycles. The van der Waals surface area contributed by atoms with Crippen LogP contribution in [0.1, 0.15) is 311 Å². The fourth-order valence-corrected chi connectivity index (χ4v) is 9.99. The van der Waals surface area contributed by atoms with Crippen LogP contribution in [0, 0.1) is 0 Å². The quantitative estimate of drug-likeness (QED) is 0.0449. The lowest BCUT2D eigenvalue weighted by molar-refractivity contribution is -0.122. The van der Waals surface area contributed by atoms with Crippen molar-refractivity contribution in [2.24, 2.45) is 0 Å². The fourth-order valence-electron chi connectivity index (χ4n) is 9.99. The molecule has 0 aromatic heterocycles. The summed E-state index contributed by atoms with van der Waals surface area (Å²) in [7, 11) is 1.97. The van der Waals surface area contributed by atoms with E-state index in [4.69, 9.17) is 0 Å². The lowest BCUT2D eigenvalue weighted by atomic mass is 10.0. The monoisotopic (exact) mass is 1060 g/mol. The lowest BCUT2D eigenvalue weighted by Crippen LogP contribution is -2.38. The Morgan fingerprint density at radius 1 is 0.253 bits per heavy atom. The van der Waals surface area contributed by atoms with Crippen LogP contribution in [-0.4, -0.2) is 125 Å². The van der Waals surface area contributed by atoms with Crippen LogP contribution >= 0.6 is 0 Å². The van der Waals surface area contributed by atoms with Gasteiger partial charge in [0.25, 0.3) is 0 Å². The highest BCUT2D eigenvalue weighted by Gasteiger charge is 2.12. The average molecular weight is 1060 g/mol. The topological polar surface area (TPSA) is 109 Å². The van der Waals surface area contributed by atoms with Crippen LogP contribution in [0.3, 0.4) is 0 Å². The van der Waals surface area contributed by atoms with E-state index in [1.54, 1.807) is 0 Å². The molecule has 0 saturated carbocycles. The zero-order chi connectivity index (χ0) is 55.2. The van der Waals surface area contributed by atoms with E-state index in [-0.39, 0.29) is 17.7 Å². The Bertz CT molecular complexity index is 1090. The highest BCUT2D eigenvalue weighted by atomic mass is 16.2. The molecule has 0 heterocycles. The summed E-state index contributed by atoms with van der Waals surface area (Å²) >= 11 is 0. The Labute approximate surface area is 469 Å². The normalized spacial score (nSPS) is 11.4. The summed E-state index contributed by atoms with van der Waals surface area (Å²) in [6.45, 7) is 25.1. The van der Waals surface area contributed by atoms with Gasteiger partial charge in [0.15, 0.2) is 0 Å². The van der Waals surface area contributed by atoms with Gasteiger partial charge in [0.2, 0.25) is 17.7 Å². The predicted molar refractivity (Wildman–Crippen MR) is 330 cm³/mol. The van der Waals surface area contributed by atoms with Crippen LogP contribution in [0.25, 0.3) is 0 Å². The third kappa shape index (κ3) is 61.3. The van der Waals surface area contributed by atoms with Gasteiger partial charge in [-0.15, -0.1) is 0 Å². The number of likely N-dealkylation sites (N-methyl/N-ethyl adjacent to an activating group) is 4. The lowest BCUT2D eigenvalue weighted by Gasteiger charge is -2.26. The minimum atomic E-state index is 0.180. The second-order valence-electron chi connectivity index (χ2n) is 22.4. The first-order valence-corrected chi connectivity index (χ1v) is 33.4. The van der Waals surface area contributed by atoms with Gasteiger partial charge in [-0.3, -0.25) is 14.4 Å². The van der Waals surface area contributed by atoms with Crippen molar-refractivity contribution in [3.8, 4) is 0 Å². The molecular weight excluding hydrogens is 927 g/mol. The summed E-state index contributed by atoms with van der Waals surface area (Å²) in [6.07, 6.45) is 54.6. The van der Waals surface area contributed by atoms with E-state index in [1.165, 1.54) is 231 Å². The summed E-state index contributed by atoms with van der Waals surface area (Å²) in [5.41, 5.74) is 0. The van der Waals surface area contributed by atoms with E-state index in [1.807, 2.05) is 7.05 Å². The summed E-state index contributed by atoms with van der Waals surface area (Å²) in [6, 6.07) is 0. The molecule has 0 aliphatic rings. The maximum absolute atomic E-state index is 12.4. The Morgan fingerprint density at radius 3 is 0.653 bits per heavy atom. The molecule has 0 aromatic rings. The molecule has 75 heavy (non-hydrogen) atoms. The molecular formula is C65H135N7O3. The molecule has 0 atom stereocenters. The molecule has 0 spiro atoms. The number of nitrogens with zero attached hydrogens (tertiary/aromatic N) is 3. The first kappa shape index (κ1) is 75.3. The van der Waals surface area contributed by atoms with Crippen LogP contribution in [-0.2, 0) is 14.4 Å². The Kier molecular flexibility index (Phi) is 65.0. The average Bonchev–Trinajstić information content (AvgIpc) is 3.42. The number of hydrogen-bond donors (Lipinski definition) is 4. The molecule has 448 valence electrons. The number of unbranched alkanes of at least 4 members (excludes halogenated alkanes) is 36. The summed E-state index contributed by atoms with van der Waals surface area (Å²) in [4.78, 5) is 43.8. The molecule has 0 rings (SSSR count). The first-order valence-electron chi connectivity index (χ1n) is 33.4. The van der Waals surface area contributed by atoms with Crippen LogP contribution in [0.15, 0.2) is 0 Å². The van der Waals surface area contributed by atoms with Gasteiger partial charge in [-0.2, -0.15) is 0 Å². The molecule has 0 saturated heterocycles. The van der Waals surface area contributed by atoms with E-state index in [0.717, 1.165) is 104 Å². The van der Waals surface area contributed by atoms with Crippen molar-refractivity contribution in [3.63, 3.8) is 0 Å². The number of hydrogen-bond acceptors (Lipinski definition) is 7. The first-order chi connectivity index (χ1) is 36.8. The van der Waals surface area contributed by atoms with Crippen molar-refractivity contribution >= 4 is 17.7 Å². The smallest absolute Gasteiger partial charge is 0.221 e. The standard InChI is InChI=1S/C42H86N4O2.C23H49N3O/c1-5-9-11-13-15-17-19-21-23-25-27-29-31-35-43-41(47)33-37-45(7-3)39-40-46(8-4)38-34-42(48)44-36-32-30-28-26-24-22-20-18-16-14-12-10-6-2;1-4-6-7-8-9-10-11-12-13-14-15-16-17-19-25-23(27)18-21-26(5-2)22-20-24-3/h5-40H2,1-4H3,(H,43,47)(H,44,48);24H,4-22H2,1-3H3,(H,25,27). The second kappa shape index (κ2) is 64.8. The Balaban J connectivity index is 0. The second-order valence-corrected chi connectivity index (χ2v) is 22.4. The third-order valence-corrected chi connectivity index (χ3v) is 15.5. The predicted octanol–water partition coefficient (Wildman–Crippen LogP) is 16.0. The van der Waals surface area contributed by atoms with Crippen molar-refractivity contribution in [2.75, 3.05) is 92.1 Å². The molecule has 0 aliphatic heterocycles. The van der Waals surface area contributed by atoms with Gasteiger partial charge < -0.3 is 36.0 Å². The van der Waals surface area contributed by atoms with Crippen LogP contribution in [0.2, 0.25) is 0 Å². The van der Waals surface area contributed by atoms with Crippen LogP contribution in [0.4, 0.5) is 0 Å². The molecule has 0 radical (unpaired) electrons. The maximum atomic E-state index is 12.4. The van der Waals surface area contributed by atoms with E-state index in [0.29, 0.717) is 19.3 Å². The number of amides is 3. The van der Waals surface area contributed by atoms with Gasteiger partial charge in [0, 0.05) is 84.7 Å². The van der Waals surface area contributed by atoms with Gasteiger partial charge in [-0.1, -0.05) is 273 Å². The minimum Gasteiger partial charge on any atom is -0.356 e. The van der Waals surface area contributed by atoms with Gasteiger partial charge in [-0.25, -0.2) is 0 Å². The highest BCUT2D eigenvalue weighted by Crippen LogP contribution is 2.15. The van der Waals surface area contributed by atoms with Crippen LogP contribution < -0.4 is 21.3 Å². The third-order valence-electron chi connectivity index (χ3n) is 15.5. The summed E-state index contributed by atoms with van der Waals surface area (Å²) < 4.78 is 0. The van der Waals surface area contributed by atoms with Crippen molar-refractivity contribution < 1.29 is 14.4 Å². The van der Waals surface area contributed by atoms with E-state index < -0.39 is 0 Å². The Morgan fingerprint density at radius 2 is 0.453 bits per heavy atom. The Hall–Kier alpha value is -1.75. The van der Waals surface area contributed by atoms with E-state index in [2.05, 4.69) is 77.5 Å².